The molecule has 1 fully saturated rings. The number of benzene rings is 6. The Kier molecular flexibility index (Phi) is 5.29. The summed E-state index contributed by atoms with van der Waals surface area (Å²) in [4.78, 5) is 10.8. The fourth-order valence-corrected chi connectivity index (χ4v) is 9.28. The molecule has 0 amide bonds. The number of hydrogen-bond acceptors (Lipinski definition) is 3. The minimum Gasteiger partial charge on any atom is -0.452 e. The van der Waals surface area contributed by atoms with Crippen molar-refractivity contribution in [1.29, 1.82) is 0 Å². The highest BCUT2D eigenvalue weighted by molar-refractivity contribution is 6.25. The summed E-state index contributed by atoms with van der Waals surface area (Å²) < 4.78 is 8.84. The van der Waals surface area contributed by atoms with Crippen LogP contribution in [0.3, 0.4) is 0 Å². The van der Waals surface area contributed by atoms with Gasteiger partial charge in [-0.15, -0.1) is 0 Å². The van der Waals surface area contributed by atoms with Gasteiger partial charge in [0.1, 0.15) is 16.8 Å². The molecule has 1 saturated carbocycles. The van der Waals surface area contributed by atoms with Crippen LogP contribution in [0.25, 0.3) is 83.0 Å². The second kappa shape index (κ2) is 9.65. The Morgan fingerprint density at radius 2 is 1.29 bits per heavy atom. The van der Waals surface area contributed by atoms with Crippen LogP contribution in [0.4, 0.5) is 0 Å². The first-order chi connectivity index (χ1) is 23.8. The van der Waals surface area contributed by atoms with Crippen molar-refractivity contribution in [3.8, 4) is 28.3 Å². The van der Waals surface area contributed by atoms with Crippen LogP contribution in [-0.4, -0.2) is 14.5 Å². The summed E-state index contributed by atoms with van der Waals surface area (Å²) in [5.74, 6) is 0.664. The molecule has 0 bridgehead atoms. The van der Waals surface area contributed by atoms with E-state index in [-0.39, 0.29) is 5.41 Å². The average molecular weight is 618 g/mol. The van der Waals surface area contributed by atoms with Gasteiger partial charge in [-0.05, 0) is 58.7 Å². The summed E-state index contributed by atoms with van der Waals surface area (Å²) in [6, 6.07) is 45.7. The van der Waals surface area contributed by atoms with E-state index in [1.807, 2.05) is 18.2 Å². The minimum atomic E-state index is -0.0117. The van der Waals surface area contributed by atoms with Crippen LogP contribution in [0.1, 0.15) is 43.2 Å². The van der Waals surface area contributed by atoms with Crippen LogP contribution in [0, 0.1) is 0 Å². The maximum atomic E-state index is 6.49. The molecule has 4 nitrogen and oxygen atoms in total. The molecular weight excluding hydrogens is 587 g/mol. The molecule has 2 aliphatic rings. The molecule has 0 atom stereocenters. The van der Waals surface area contributed by atoms with Gasteiger partial charge in [-0.1, -0.05) is 128 Å². The van der Waals surface area contributed by atoms with Gasteiger partial charge in [0, 0.05) is 32.5 Å². The van der Waals surface area contributed by atoms with Crippen molar-refractivity contribution in [2.24, 2.45) is 0 Å². The Bertz CT molecular complexity index is 2760. The molecule has 11 rings (SSSR count). The third kappa shape index (κ3) is 3.34. The molecule has 228 valence electrons. The lowest BCUT2D eigenvalue weighted by Crippen LogP contribution is -2.28. The lowest BCUT2D eigenvalue weighted by molar-refractivity contribution is 0.355. The maximum absolute atomic E-state index is 6.49. The molecule has 4 heteroatoms. The standard InChI is InChI=1S/C44H31N3O/c1-3-15-27(16-4-1)39-42-40(32-21-9-12-24-35(32)48-42)46-43(45-39)47-34-23-11-8-20-31(34)37-38-36(28-17-5-6-18-29(28)41(37)47)30-19-7-10-22-33(30)44(38)25-13-2-14-26-44/h1,3-12,15-24H,2,13-14,25-26H2. The van der Waals surface area contributed by atoms with Gasteiger partial charge in [-0.25, -0.2) is 9.97 Å². The third-order valence-corrected chi connectivity index (χ3v) is 11.2. The molecule has 0 unspecified atom stereocenters. The van der Waals surface area contributed by atoms with Crippen molar-refractivity contribution in [2.45, 2.75) is 37.5 Å². The van der Waals surface area contributed by atoms with Crippen LogP contribution in [0.2, 0.25) is 0 Å². The van der Waals surface area contributed by atoms with Crippen LogP contribution >= 0.6 is 0 Å². The van der Waals surface area contributed by atoms with Crippen molar-refractivity contribution in [1.82, 2.24) is 14.5 Å². The Morgan fingerprint density at radius 1 is 0.604 bits per heavy atom. The van der Waals surface area contributed by atoms with E-state index < -0.39 is 0 Å². The summed E-state index contributed by atoms with van der Waals surface area (Å²) >= 11 is 0. The number of fused-ring (bicyclic) bond motifs is 15. The third-order valence-electron chi connectivity index (χ3n) is 11.2. The minimum absolute atomic E-state index is 0.0117. The van der Waals surface area contributed by atoms with Crippen molar-refractivity contribution < 1.29 is 4.42 Å². The zero-order valence-corrected chi connectivity index (χ0v) is 26.4. The highest BCUT2D eigenvalue weighted by Crippen LogP contribution is 2.61. The van der Waals surface area contributed by atoms with Crippen molar-refractivity contribution in [3.63, 3.8) is 0 Å². The van der Waals surface area contributed by atoms with Crippen LogP contribution in [-0.2, 0) is 5.41 Å². The van der Waals surface area contributed by atoms with Crippen molar-refractivity contribution in [3.05, 3.63) is 139 Å². The summed E-state index contributed by atoms with van der Waals surface area (Å²) in [7, 11) is 0. The molecule has 0 radical (unpaired) electrons. The molecule has 3 heterocycles. The summed E-state index contributed by atoms with van der Waals surface area (Å²) in [6.07, 6.45) is 6.13. The predicted octanol–water partition coefficient (Wildman–Crippen LogP) is 11.5. The first-order valence-corrected chi connectivity index (χ1v) is 17.2. The second-order valence-corrected chi connectivity index (χ2v) is 13.6. The number of para-hydroxylation sites is 2. The normalized spacial score (nSPS) is 15.2. The molecular formula is C44H31N3O. The number of rotatable bonds is 2. The topological polar surface area (TPSA) is 43.9 Å². The zero-order valence-electron chi connectivity index (χ0n) is 26.4. The van der Waals surface area contributed by atoms with Crippen molar-refractivity contribution >= 4 is 54.6 Å². The maximum Gasteiger partial charge on any atom is 0.236 e. The molecule has 6 aromatic carbocycles. The fraction of sp³-hybridized carbons (Fsp3) is 0.136. The first kappa shape index (κ1) is 26.3. The SMILES string of the molecule is c1ccc(-c2nc(-n3c4ccccc4c4c5c(c6ccccc6c43)-c3ccccc3C53CCCCC3)nc3c2oc2ccccc23)cc1. The largest absolute Gasteiger partial charge is 0.452 e. The van der Waals surface area contributed by atoms with Crippen molar-refractivity contribution in [2.75, 3.05) is 0 Å². The number of aromatic nitrogens is 3. The van der Waals surface area contributed by atoms with Crippen LogP contribution < -0.4 is 0 Å². The van der Waals surface area contributed by atoms with Gasteiger partial charge in [-0.3, -0.25) is 4.57 Å². The Hall–Kier alpha value is -5.74. The molecule has 48 heavy (non-hydrogen) atoms. The summed E-state index contributed by atoms with van der Waals surface area (Å²) in [5.41, 5.74) is 12.3. The predicted molar refractivity (Wildman–Crippen MR) is 196 cm³/mol. The number of hydrogen-bond donors (Lipinski definition) is 0. The molecule has 2 aliphatic carbocycles. The molecule has 3 aromatic heterocycles. The smallest absolute Gasteiger partial charge is 0.236 e. The monoisotopic (exact) mass is 617 g/mol. The Labute approximate surface area is 277 Å². The number of nitrogens with zero attached hydrogens (tertiary/aromatic N) is 3. The molecule has 0 N–H and O–H groups in total. The van der Waals surface area contributed by atoms with E-state index in [1.54, 1.807) is 0 Å². The van der Waals surface area contributed by atoms with Crippen LogP contribution in [0.15, 0.2) is 132 Å². The lowest BCUT2D eigenvalue weighted by atomic mass is 9.66. The number of furan rings is 1. The molecule has 9 aromatic rings. The van der Waals surface area contributed by atoms with Gasteiger partial charge in [0.2, 0.25) is 5.95 Å². The quantitative estimate of drug-likeness (QED) is 0.194. The lowest BCUT2D eigenvalue weighted by Gasteiger charge is -2.36. The van der Waals surface area contributed by atoms with Gasteiger partial charge >= 0.3 is 0 Å². The zero-order chi connectivity index (χ0) is 31.4. The van der Waals surface area contributed by atoms with Gasteiger partial charge < -0.3 is 4.42 Å². The second-order valence-electron chi connectivity index (χ2n) is 13.6. The molecule has 1 spiro atoms. The average Bonchev–Trinajstić information content (AvgIpc) is 3.79. The van der Waals surface area contributed by atoms with Crippen LogP contribution in [0.5, 0.6) is 0 Å². The fourth-order valence-electron chi connectivity index (χ4n) is 9.28. The van der Waals surface area contributed by atoms with E-state index >= 15 is 0 Å². The van der Waals surface area contributed by atoms with E-state index in [9.17, 15) is 0 Å². The van der Waals surface area contributed by atoms with Gasteiger partial charge in [0.15, 0.2) is 5.58 Å². The molecule has 0 saturated heterocycles. The van der Waals surface area contributed by atoms with E-state index in [0.29, 0.717) is 11.5 Å². The van der Waals surface area contributed by atoms with E-state index in [4.69, 9.17) is 14.4 Å². The molecule has 0 aliphatic heterocycles. The van der Waals surface area contributed by atoms with E-state index in [2.05, 4.69) is 114 Å². The highest BCUT2D eigenvalue weighted by atomic mass is 16.3. The Morgan fingerprint density at radius 3 is 2.15 bits per heavy atom. The summed E-state index contributed by atoms with van der Waals surface area (Å²) in [5, 5.41) is 6.13. The summed E-state index contributed by atoms with van der Waals surface area (Å²) in [6.45, 7) is 0. The van der Waals surface area contributed by atoms with E-state index in [1.165, 1.54) is 81.4 Å². The van der Waals surface area contributed by atoms with Gasteiger partial charge in [0.05, 0.1) is 11.0 Å². The first-order valence-electron chi connectivity index (χ1n) is 17.2. The van der Waals surface area contributed by atoms with Gasteiger partial charge in [-0.2, -0.15) is 0 Å². The Balaban J connectivity index is 1.35. The highest BCUT2D eigenvalue weighted by Gasteiger charge is 2.46. The van der Waals surface area contributed by atoms with E-state index in [0.717, 1.165) is 33.3 Å². The van der Waals surface area contributed by atoms with Gasteiger partial charge in [0.25, 0.3) is 0 Å².